The molecule has 1 heterocycles. The summed E-state index contributed by atoms with van der Waals surface area (Å²) in [5.74, 6) is -1.76. The summed E-state index contributed by atoms with van der Waals surface area (Å²) in [6.45, 7) is 2.83. The first-order chi connectivity index (χ1) is 17.3. The highest BCUT2D eigenvalue weighted by Crippen LogP contribution is 2.21. The lowest BCUT2D eigenvalue weighted by Crippen LogP contribution is -2.48. The van der Waals surface area contributed by atoms with Gasteiger partial charge in [-0.1, -0.05) is 49.4 Å². The third-order valence-corrected chi connectivity index (χ3v) is 6.38. The van der Waals surface area contributed by atoms with Gasteiger partial charge < -0.3 is 20.3 Å². The van der Waals surface area contributed by atoms with Gasteiger partial charge in [-0.05, 0) is 47.7 Å². The fourth-order valence-corrected chi connectivity index (χ4v) is 4.50. The minimum atomic E-state index is -0.996. The van der Waals surface area contributed by atoms with Gasteiger partial charge in [0, 0.05) is 43.3 Å². The van der Waals surface area contributed by atoms with E-state index in [4.69, 9.17) is 0 Å². The van der Waals surface area contributed by atoms with Crippen molar-refractivity contribution in [2.75, 3.05) is 6.54 Å². The lowest BCUT2D eigenvalue weighted by molar-refractivity contribution is 0.0831. The van der Waals surface area contributed by atoms with Crippen LogP contribution < -0.4 is 10.6 Å². The third kappa shape index (κ3) is 6.17. The minimum absolute atomic E-state index is 0.0688. The molecular weight excluding hydrogens is 460 g/mol. The number of hydrogen-bond donors (Lipinski definition) is 3. The van der Waals surface area contributed by atoms with Crippen LogP contribution in [0, 0.1) is 11.6 Å². The first-order valence-electron chi connectivity index (χ1n) is 12.1. The first kappa shape index (κ1) is 25.5. The average Bonchev–Trinajstić information content (AvgIpc) is 3.20. The third-order valence-electron chi connectivity index (χ3n) is 6.38. The second-order valence-corrected chi connectivity index (χ2v) is 9.10. The van der Waals surface area contributed by atoms with Crippen LogP contribution in [0.15, 0.2) is 72.9 Å². The quantitative estimate of drug-likeness (QED) is 0.306. The van der Waals surface area contributed by atoms with E-state index in [1.807, 2.05) is 48.0 Å². The monoisotopic (exact) mass is 491 g/mol. The fourth-order valence-electron chi connectivity index (χ4n) is 4.50. The summed E-state index contributed by atoms with van der Waals surface area (Å²) >= 11 is 0. The molecule has 7 heteroatoms. The molecular formula is C29H31F2N3O2. The topological polar surface area (TPSA) is 66.3 Å². The zero-order valence-electron chi connectivity index (χ0n) is 20.5. The first-order valence-corrected chi connectivity index (χ1v) is 12.1. The van der Waals surface area contributed by atoms with E-state index in [0.717, 1.165) is 29.0 Å². The predicted molar refractivity (Wildman–Crippen MR) is 138 cm³/mol. The normalized spacial score (nSPS) is 13.0. The number of nitrogens with one attached hydrogen (secondary N) is 2. The van der Waals surface area contributed by atoms with Crippen molar-refractivity contribution in [3.05, 3.63) is 107 Å². The largest absolute Gasteiger partial charge is 0.390 e. The molecule has 0 saturated carbocycles. The van der Waals surface area contributed by atoms with Crippen LogP contribution in [0.2, 0.25) is 0 Å². The maximum absolute atomic E-state index is 13.8. The number of aromatic nitrogens is 1. The molecule has 2 atom stereocenters. The molecule has 0 saturated heterocycles. The number of carbonyl (C=O) groups is 1. The van der Waals surface area contributed by atoms with Crippen molar-refractivity contribution >= 4 is 16.8 Å². The van der Waals surface area contributed by atoms with Crippen molar-refractivity contribution in [3.63, 3.8) is 0 Å². The van der Waals surface area contributed by atoms with E-state index >= 15 is 0 Å². The molecule has 0 aliphatic heterocycles. The van der Waals surface area contributed by atoms with Crippen LogP contribution in [0.1, 0.15) is 34.0 Å². The van der Waals surface area contributed by atoms with Gasteiger partial charge in [-0.2, -0.15) is 0 Å². The molecule has 4 rings (SSSR count). The Bertz CT molecular complexity index is 1330. The second-order valence-electron chi connectivity index (χ2n) is 9.10. The van der Waals surface area contributed by atoms with Crippen LogP contribution in [0.25, 0.3) is 10.9 Å². The van der Waals surface area contributed by atoms with Gasteiger partial charge in [0.05, 0.1) is 17.7 Å². The van der Waals surface area contributed by atoms with Gasteiger partial charge in [0.25, 0.3) is 5.91 Å². The van der Waals surface area contributed by atoms with Gasteiger partial charge in [-0.3, -0.25) is 4.79 Å². The van der Waals surface area contributed by atoms with E-state index in [1.165, 1.54) is 17.7 Å². The number of fused-ring (bicyclic) bond motifs is 1. The second kappa shape index (κ2) is 11.5. The van der Waals surface area contributed by atoms with E-state index in [2.05, 4.69) is 29.7 Å². The van der Waals surface area contributed by atoms with Crippen LogP contribution in [-0.4, -0.2) is 34.3 Å². The Kier molecular flexibility index (Phi) is 8.13. The lowest BCUT2D eigenvalue weighted by Gasteiger charge is -2.25. The number of aliphatic hydroxyl groups excluding tert-OH is 1. The maximum Gasteiger partial charge on any atom is 0.253 e. The highest BCUT2D eigenvalue weighted by atomic mass is 19.1. The van der Waals surface area contributed by atoms with Crippen LogP contribution in [0.4, 0.5) is 8.78 Å². The molecule has 0 radical (unpaired) electrons. The zero-order valence-corrected chi connectivity index (χ0v) is 20.5. The van der Waals surface area contributed by atoms with Crippen LogP contribution in [0.5, 0.6) is 0 Å². The molecule has 0 spiro atoms. The Balaban J connectivity index is 1.51. The van der Waals surface area contributed by atoms with Gasteiger partial charge in [0.15, 0.2) is 0 Å². The summed E-state index contributed by atoms with van der Waals surface area (Å²) in [6.07, 6.45) is 1.75. The molecule has 0 aliphatic rings. The highest BCUT2D eigenvalue weighted by molar-refractivity contribution is 6.07. The standard InChI is InChI=1S/C29H31F2N3O2/c1-3-19-7-6-8-20(11-19)16-32-17-28(35)26(14-21-12-22(30)15-23(31)13-21)33-29(36)25-18-34(2)27-10-5-4-9-24(25)27/h4-13,15,18,26,28,32,35H,3,14,16-17H2,1-2H3,(H,33,36). The number of amides is 1. The summed E-state index contributed by atoms with van der Waals surface area (Å²) in [5, 5.41) is 18.0. The van der Waals surface area contributed by atoms with E-state index in [-0.39, 0.29) is 18.9 Å². The lowest BCUT2D eigenvalue weighted by atomic mass is 10.00. The Morgan fingerprint density at radius 2 is 1.69 bits per heavy atom. The molecule has 5 nitrogen and oxygen atoms in total. The molecule has 2 unspecified atom stereocenters. The van der Waals surface area contributed by atoms with Crippen LogP contribution in [-0.2, 0) is 26.4 Å². The molecule has 36 heavy (non-hydrogen) atoms. The van der Waals surface area contributed by atoms with Crippen molar-refractivity contribution in [1.82, 2.24) is 15.2 Å². The van der Waals surface area contributed by atoms with Gasteiger partial charge in [-0.15, -0.1) is 0 Å². The number of halogens is 2. The van der Waals surface area contributed by atoms with Crippen molar-refractivity contribution in [2.45, 2.75) is 38.5 Å². The van der Waals surface area contributed by atoms with Crippen molar-refractivity contribution in [2.24, 2.45) is 7.05 Å². The Hall–Kier alpha value is -3.55. The van der Waals surface area contributed by atoms with E-state index in [1.54, 1.807) is 6.20 Å². The zero-order chi connectivity index (χ0) is 25.7. The van der Waals surface area contributed by atoms with Crippen molar-refractivity contribution in [1.29, 1.82) is 0 Å². The molecule has 0 bridgehead atoms. The number of benzene rings is 3. The van der Waals surface area contributed by atoms with Crippen LogP contribution in [0.3, 0.4) is 0 Å². The smallest absolute Gasteiger partial charge is 0.253 e. The molecule has 3 aromatic carbocycles. The number of aryl methyl sites for hydroxylation is 2. The summed E-state index contributed by atoms with van der Waals surface area (Å²) in [4.78, 5) is 13.3. The molecule has 0 fully saturated rings. The number of para-hydroxylation sites is 1. The van der Waals surface area contributed by atoms with E-state index in [9.17, 15) is 18.7 Å². The van der Waals surface area contributed by atoms with Crippen LogP contribution >= 0.6 is 0 Å². The highest BCUT2D eigenvalue weighted by Gasteiger charge is 2.24. The molecule has 1 aromatic heterocycles. The number of nitrogens with zero attached hydrogens (tertiary/aromatic N) is 1. The number of hydrogen-bond acceptors (Lipinski definition) is 3. The minimum Gasteiger partial charge on any atom is -0.390 e. The van der Waals surface area contributed by atoms with E-state index in [0.29, 0.717) is 17.7 Å². The Morgan fingerprint density at radius 1 is 0.972 bits per heavy atom. The molecule has 1 amide bonds. The summed E-state index contributed by atoms with van der Waals surface area (Å²) in [5.41, 5.74) is 4.04. The van der Waals surface area contributed by atoms with Crippen molar-refractivity contribution < 1.29 is 18.7 Å². The summed E-state index contributed by atoms with van der Waals surface area (Å²) in [6, 6.07) is 18.2. The number of rotatable bonds is 10. The van der Waals surface area contributed by atoms with Gasteiger partial charge in [0.1, 0.15) is 11.6 Å². The number of aliphatic hydroxyl groups is 1. The van der Waals surface area contributed by atoms with Gasteiger partial charge >= 0.3 is 0 Å². The van der Waals surface area contributed by atoms with E-state index < -0.39 is 23.8 Å². The van der Waals surface area contributed by atoms with Crippen molar-refractivity contribution in [3.8, 4) is 0 Å². The van der Waals surface area contributed by atoms with Gasteiger partial charge in [0.2, 0.25) is 0 Å². The average molecular weight is 492 g/mol. The molecule has 188 valence electrons. The Morgan fingerprint density at radius 3 is 2.44 bits per heavy atom. The molecule has 4 aromatic rings. The summed E-state index contributed by atoms with van der Waals surface area (Å²) in [7, 11) is 1.86. The molecule has 0 aliphatic carbocycles. The predicted octanol–water partition coefficient (Wildman–Crippen LogP) is 4.51. The fraction of sp³-hybridized carbons (Fsp3) is 0.276. The van der Waals surface area contributed by atoms with Gasteiger partial charge in [-0.25, -0.2) is 8.78 Å². The Labute approximate surface area is 209 Å². The number of carbonyl (C=O) groups excluding carboxylic acids is 1. The maximum atomic E-state index is 13.8. The molecule has 3 N–H and O–H groups in total. The SMILES string of the molecule is CCc1cccc(CNCC(O)C(Cc2cc(F)cc(F)c2)NC(=O)c2cn(C)c3ccccc23)c1. The summed E-state index contributed by atoms with van der Waals surface area (Å²) < 4.78 is 29.5.